The fourth-order valence-electron chi connectivity index (χ4n) is 5.73. The third-order valence-corrected chi connectivity index (χ3v) is 8.82. The quantitative estimate of drug-likeness (QED) is 0.382. The molecule has 1 fully saturated rings. The molecule has 0 radical (unpaired) electrons. The Hall–Kier alpha value is -4.09. The number of hydrogen-bond acceptors (Lipinski definition) is 7. The Balaban J connectivity index is 1.29. The predicted molar refractivity (Wildman–Crippen MR) is 172 cm³/mol. The van der Waals surface area contributed by atoms with Gasteiger partial charge in [0.1, 0.15) is 11.5 Å². The molecule has 3 aromatic carbocycles. The van der Waals surface area contributed by atoms with E-state index in [9.17, 15) is 22.8 Å². The van der Waals surface area contributed by atoms with Crippen molar-refractivity contribution < 1.29 is 32.3 Å². The van der Waals surface area contributed by atoms with Crippen LogP contribution in [0.3, 0.4) is 0 Å². The summed E-state index contributed by atoms with van der Waals surface area (Å²) in [6, 6.07) is 17.8. The minimum Gasteiger partial charge on any atom is -0.480 e. The van der Waals surface area contributed by atoms with Gasteiger partial charge in [-0.3, -0.25) is 19.1 Å². The van der Waals surface area contributed by atoms with Crippen LogP contribution in [0.4, 0.5) is 5.69 Å². The molecule has 1 atom stereocenters. The molecule has 1 N–H and O–H groups in total. The van der Waals surface area contributed by atoms with Crippen molar-refractivity contribution in [2.24, 2.45) is 0 Å². The lowest BCUT2D eigenvalue weighted by Crippen LogP contribution is -2.58. The lowest BCUT2D eigenvalue weighted by atomic mass is 9.95. The number of benzene rings is 3. The molecule has 2 aliphatic heterocycles. The number of anilines is 1. The highest BCUT2D eigenvalue weighted by molar-refractivity contribution is 7.89. The summed E-state index contributed by atoms with van der Waals surface area (Å²) in [6.07, 6.45) is 1.05. The number of halogens is 1. The van der Waals surface area contributed by atoms with Crippen molar-refractivity contribution in [3.63, 3.8) is 0 Å². The third-order valence-electron chi connectivity index (χ3n) is 8.01. The summed E-state index contributed by atoms with van der Waals surface area (Å²) in [7, 11) is -3.72. The second kappa shape index (κ2) is 12.4. The van der Waals surface area contributed by atoms with Crippen molar-refractivity contribution in [2.45, 2.75) is 58.3 Å². The molecular formula is C33H36ClN3O7S. The van der Waals surface area contributed by atoms with Crippen LogP contribution in [0.15, 0.2) is 60.7 Å². The standard InChI is InChI=1S/C33H36ClN3O7S/c1-20-18-22(26-8-6-7-9-28(26)43-21(2)30(38)35-45(5,41)42)10-12-25(20)31(39)36-16-14-24(15-17-36)37-27-19-23(34)11-13-29(27)44-33(3,4)32(37)40/h6-13,18-19,21,24H,14-17H2,1-5H3,(H,35,38)/t21-/m1/s1. The SMILES string of the molecule is Cc1cc(-c2ccccc2O[C@H](C)C(=O)NS(C)(=O)=O)ccc1C(=O)N1CCC(N2C(=O)C(C)(C)Oc3ccc(Cl)cc32)CC1. The number of sulfonamides is 1. The van der Waals surface area contributed by atoms with E-state index in [0.29, 0.717) is 59.3 Å². The first-order chi connectivity index (χ1) is 21.1. The summed E-state index contributed by atoms with van der Waals surface area (Å²) < 4.78 is 36.7. The Morgan fingerprint density at radius 1 is 1.07 bits per heavy atom. The van der Waals surface area contributed by atoms with Gasteiger partial charge in [-0.1, -0.05) is 41.9 Å². The van der Waals surface area contributed by atoms with Gasteiger partial charge in [0, 0.05) is 35.3 Å². The highest BCUT2D eigenvalue weighted by atomic mass is 35.5. The number of ether oxygens (including phenoxy) is 2. The van der Waals surface area contributed by atoms with Crippen molar-refractivity contribution in [2.75, 3.05) is 24.2 Å². The average molecular weight is 654 g/mol. The Morgan fingerprint density at radius 2 is 1.76 bits per heavy atom. The van der Waals surface area contributed by atoms with E-state index in [1.54, 1.807) is 55.1 Å². The number of hydrogen-bond donors (Lipinski definition) is 1. The van der Waals surface area contributed by atoms with Gasteiger partial charge in [-0.15, -0.1) is 0 Å². The van der Waals surface area contributed by atoms with Gasteiger partial charge in [0.2, 0.25) is 10.0 Å². The van der Waals surface area contributed by atoms with Gasteiger partial charge < -0.3 is 19.3 Å². The molecule has 2 heterocycles. The fraction of sp³-hybridized carbons (Fsp3) is 0.364. The van der Waals surface area contributed by atoms with Gasteiger partial charge >= 0.3 is 0 Å². The zero-order valence-electron chi connectivity index (χ0n) is 25.8. The second-order valence-corrected chi connectivity index (χ2v) is 14.1. The number of para-hydroxylation sites is 1. The lowest BCUT2D eigenvalue weighted by Gasteiger charge is -2.45. The fourth-order valence-corrected chi connectivity index (χ4v) is 6.43. The van der Waals surface area contributed by atoms with E-state index in [0.717, 1.165) is 17.4 Å². The van der Waals surface area contributed by atoms with Gasteiger partial charge in [0.05, 0.1) is 11.9 Å². The summed E-state index contributed by atoms with van der Waals surface area (Å²) in [4.78, 5) is 43.0. The van der Waals surface area contributed by atoms with E-state index < -0.39 is 27.6 Å². The first kappa shape index (κ1) is 32.3. The molecule has 45 heavy (non-hydrogen) atoms. The first-order valence-electron chi connectivity index (χ1n) is 14.6. The predicted octanol–water partition coefficient (Wildman–Crippen LogP) is 4.97. The Morgan fingerprint density at radius 3 is 2.42 bits per heavy atom. The number of aryl methyl sites for hydroxylation is 1. The number of carbonyl (C=O) groups is 3. The summed E-state index contributed by atoms with van der Waals surface area (Å²) in [5.41, 5.74) is 2.44. The number of rotatable bonds is 7. The molecule has 238 valence electrons. The Bertz CT molecular complexity index is 1770. The number of piperidine rings is 1. The number of carbonyl (C=O) groups excluding carboxylic acids is 3. The van der Waals surface area contributed by atoms with Crippen LogP contribution in [-0.2, 0) is 19.6 Å². The van der Waals surface area contributed by atoms with E-state index >= 15 is 0 Å². The summed E-state index contributed by atoms with van der Waals surface area (Å²) in [5, 5.41) is 0.516. The molecule has 0 saturated carbocycles. The molecule has 3 aromatic rings. The summed E-state index contributed by atoms with van der Waals surface area (Å²) in [5.74, 6) is 0.00552. The van der Waals surface area contributed by atoms with E-state index in [-0.39, 0.29) is 17.9 Å². The minimum absolute atomic E-state index is 0.0924. The van der Waals surface area contributed by atoms with Crippen molar-refractivity contribution >= 4 is 45.0 Å². The van der Waals surface area contributed by atoms with E-state index in [1.807, 2.05) is 40.8 Å². The number of nitrogens with one attached hydrogen (secondary N) is 1. The van der Waals surface area contributed by atoms with Gasteiger partial charge in [-0.25, -0.2) is 8.42 Å². The van der Waals surface area contributed by atoms with Crippen molar-refractivity contribution in [1.29, 1.82) is 0 Å². The molecule has 0 aromatic heterocycles. The van der Waals surface area contributed by atoms with Crippen molar-refractivity contribution in [1.82, 2.24) is 9.62 Å². The molecule has 12 heteroatoms. The lowest BCUT2D eigenvalue weighted by molar-refractivity contribution is -0.133. The zero-order valence-corrected chi connectivity index (χ0v) is 27.4. The Kier molecular flexibility index (Phi) is 8.88. The summed E-state index contributed by atoms with van der Waals surface area (Å²) >= 11 is 6.27. The molecule has 1 saturated heterocycles. The number of amides is 3. The molecule has 5 rings (SSSR count). The van der Waals surface area contributed by atoms with Crippen LogP contribution in [-0.4, -0.2) is 68.1 Å². The number of fused-ring (bicyclic) bond motifs is 1. The maximum absolute atomic E-state index is 13.7. The average Bonchev–Trinajstić information content (AvgIpc) is 2.97. The van der Waals surface area contributed by atoms with Crippen molar-refractivity contribution in [3.05, 3.63) is 76.8 Å². The zero-order chi connectivity index (χ0) is 32.7. The molecule has 2 aliphatic rings. The number of likely N-dealkylation sites (tertiary alicyclic amines) is 1. The van der Waals surface area contributed by atoms with Crippen LogP contribution < -0.4 is 19.1 Å². The largest absolute Gasteiger partial charge is 0.480 e. The Labute approximate surface area is 268 Å². The number of nitrogens with zero attached hydrogens (tertiary/aromatic N) is 2. The molecule has 0 aliphatic carbocycles. The maximum Gasteiger partial charge on any atom is 0.274 e. The molecule has 10 nitrogen and oxygen atoms in total. The molecule has 3 amide bonds. The highest BCUT2D eigenvalue weighted by Gasteiger charge is 2.44. The van der Waals surface area contributed by atoms with Gasteiger partial charge in [-0.05, 0) is 82.0 Å². The smallest absolute Gasteiger partial charge is 0.274 e. The van der Waals surface area contributed by atoms with Crippen LogP contribution in [0.5, 0.6) is 11.5 Å². The topological polar surface area (TPSA) is 122 Å². The van der Waals surface area contributed by atoms with E-state index in [2.05, 4.69) is 0 Å². The van der Waals surface area contributed by atoms with Crippen LogP contribution in [0.1, 0.15) is 49.5 Å². The maximum atomic E-state index is 13.7. The molecule has 0 spiro atoms. The normalized spacial score (nSPS) is 17.2. The van der Waals surface area contributed by atoms with Crippen LogP contribution in [0.25, 0.3) is 11.1 Å². The third kappa shape index (κ3) is 6.94. The minimum atomic E-state index is -3.72. The highest BCUT2D eigenvalue weighted by Crippen LogP contribution is 2.42. The monoisotopic (exact) mass is 653 g/mol. The van der Waals surface area contributed by atoms with E-state index in [1.165, 1.54) is 6.92 Å². The van der Waals surface area contributed by atoms with E-state index in [4.69, 9.17) is 21.1 Å². The van der Waals surface area contributed by atoms with Gasteiger partial charge in [0.15, 0.2) is 11.7 Å². The van der Waals surface area contributed by atoms with Gasteiger partial charge in [-0.2, -0.15) is 0 Å². The molecule has 0 bridgehead atoms. The summed E-state index contributed by atoms with van der Waals surface area (Å²) in [6.45, 7) is 7.81. The molecule has 0 unspecified atom stereocenters. The van der Waals surface area contributed by atoms with Crippen LogP contribution in [0.2, 0.25) is 5.02 Å². The van der Waals surface area contributed by atoms with Crippen LogP contribution >= 0.6 is 11.6 Å². The van der Waals surface area contributed by atoms with Crippen molar-refractivity contribution in [3.8, 4) is 22.6 Å². The second-order valence-electron chi connectivity index (χ2n) is 11.9. The van der Waals surface area contributed by atoms with Gasteiger partial charge in [0.25, 0.3) is 17.7 Å². The first-order valence-corrected chi connectivity index (χ1v) is 16.9. The van der Waals surface area contributed by atoms with Crippen LogP contribution in [0, 0.1) is 6.92 Å². The molecular weight excluding hydrogens is 618 g/mol.